The minimum absolute atomic E-state index is 0.0927. The summed E-state index contributed by atoms with van der Waals surface area (Å²) in [6, 6.07) is 4.91. The van der Waals surface area contributed by atoms with Crippen LogP contribution in [0, 0.1) is 17.0 Å². The lowest BCUT2D eigenvalue weighted by atomic mass is 9.38. The van der Waals surface area contributed by atoms with Crippen molar-refractivity contribution < 1.29 is 41.0 Å². The smallest absolute Gasteiger partial charge is 0.370 e. The van der Waals surface area contributed by atoms with Gasteiger partial charge in [-0.3, -0.25) is 14.3 Å². The molecule has 34 heavy (non-hydrogen) atoms. The van der Waals surface area contributed by atoms with Crippen LogP contribution in [0.1, 0.15) is 49.0 Å². The van der Waals surface area contributed by atoms with Crippen molar-refractivity contribution in [2.75, 3.05) is 6.61 Å². The summed E-state index contributed by atoms with van der Waals surface area (Å²) in [6.07, 6.45) is -3.58. The molecule has 0 spiro atoms. The lowest BCUT2D eigenvalue weighted by Crippen LogP contribution is -2.75. The minimum atomic E-state index is -4.66. The normalized spacial score (nSPS) is 29.7. The molecule has 0 radical (unpaired) electrons. The van der Waals surface area contributed by atoms with Gasteiger partial charge < -0.3 is 10.1 Å². The molecule has 6 rings (SSSR count). The maximum absolute atomic E-state index is 13.5. The fraction of sp³-hybridized carbons (Fsp3) is 0.522. The number of pyridine rings is 1. The summed E-state index contributed by atoms with van der Waals surface area (Å²) in [7, 11) is 0. The number of carbonyl (C=O) groups excluding carboxylic acids is 2. The highest BCUT2D eigenvalue weighted by Crippen LogP contribution is 2.69. The molecule has 182 valence electrons. The van der Waals surface area contributed by atoms with Crippen LogP contribution in [-0.4, -0.2) is 47.4 Å². The second kappa shape index (κ2) is 7.94. The number of amides is 1. The zero-order chi connectivity index (χ0) is 24.3. The molecule has 4 aliphatic rings. The van der Waals surface area contributed by atoms with E-state index in [2.05, 4.69) is 15.0 Å². The highest BCUT2D eigenvalue weighted by molar-refractivity contribution is 5.95. The summed E-state index contributed by atoms with van der Waals surface area (Å²) < 4.78 is 72.5. The van der Waals surface area contributed by atoms with Gasteiger partial charge in [0.05, 0.1) is 17.7 Å². The van der Waals surface area contributed by atoms with Crippen molar-refractivity contribution in [2.24, 2.45) is 5.41 Å². The number of rotatable bonds is 8. The van der Waals surface area contributed by atoms with Gasteiger partial charge in [0.2, 0.25) is 0 Å². The van der Waals surface area contributed by atoms with Gasteiger partial charge in [0.25, 0.3) is 5.91 Å². The van der Waals surface area contributed by atoms with Gasteiger partial charge in [-0.05, 0) is 36.8 Å². The number of nitrogens with zero attached hydrogens (tertiary/aromatic N) is 1. The van der Waals surface area contributed by atoms with Gasteiger partial charge in [-0.2, -0.15) is 0 Å². The van der Waals surface area contributed by atoms with Crippen LogP contribution < -0.4 is 5.32 Å². The molecule has 0 aliphatic heterocycles. The molecule has 4 aliphatic carbocycles. The summed E-state index contributed by atoms with van der Waals surface area (Å²) in [6.45, 7) is -0.150. The predicted octanol–water partition coefficient (Wildman–Crippen LogP) is 4.21. The SMILES string of the molecule is O=C(COC1CC(OC(F)(F)F)C1)CC12CC(NC(=O)c3ccc4cc(F)c(F)cc4n3)(C1)C2. The van der Waals surface area contributed by atoms with E-state index in [0.717, 1.165) is 12.1 Å². The Labute approximate surface area is 190 Å². The molecule has 6 nitrogen and oxygen atoms in total. The number of carbonyl (C=O) groups is 2. The molecular weight excluding hydrogens is 463 g/mol. The molecule has 0 unspecified atom stereocenters. The van der Waals surface area contributed by atoms with Crippen molar-refractivity contribution in [1.29, 1.82) is 0 Å². The van der Waals surface area contributed by atoms with Gasteiger partial charge in [0.1, 0.15) is 12.3 Å². The standard InChI is InChI=1S/C23H21F5N2O4/c24-16-3-12-1-2-18(29-19(12)6-17(16)25)20(32)30-22-9-21(10-22,11-22)7-13(31)8-33-14-4-15(5-14)34-23(26,27)28/h1-3,6,14-15H,4-5,7-11H2,(H,30,32). The van der Waals surface area contributed by atoms with Crippen molar-refractivity contribution in [3.8, 4) is 0 Å². The molecule has 1 aromatic carbocycles. The van der Waals surface area contributed by atoms with Crippen LogP contribution in [-0.2, 0) is 14.3 Å². The number of ether oxygens (including phenoxy) is 2. The zero-order valence-corrected chi connectivity index (χ0v) is 17.9. The fourth-order valence-electron chi connectivity index (χ4n) is 5.49. The fourth-order valence-corrected chi connectivity index (χ4v) is 5.49. The van der Waals surface area contributed by atoms with Crippen LogP contribution in [0.25, 0.3) is 10.9 Å². The number of alkyl halides is 3. The summed E-state index contributed by atoms with van der Waals surface area (Å²) in [5, 5.41) is 3.32. The number of nitrogens with one attached hydrogen (secondary N) is 1. The van der Waals surface area contributed by atoms with Crippen molar-refractivity contribution in [3.63, 3.8) is 0 Å². The van der Waals surface area contributed by atoms with E-state index in [-0.39, 0.29) is 41.9 Å². The first-order chi connectivity index (χ1) is 15.9. The van der Waals surface area contributed by atoms with Gasteiger partial charge in [-0.1, -0.05) is 6.07 Å². The number of aromatic nitrogens is 1. The van der Waals surface area contributed by atoms with E-state index in [1.165, 1.54) is 12.1 Å². The van der Waals surface area contributed by atoms with Crippen LogP contribution in [0.5, 0.6) is 0 Å². The van der Waals surface area contributed by atoms with E-state index < -0.39 is 41.7 Å². The predicted molar refractivity (Wildman–Crippen MR) is 108 cm³/mol. The van der Waals surface area contributed by atoms with Gasteiger partial charge in [-0.15, -0.1) is 13.2 Å². The average molecular weight is 484 g/mol. The molecule has 2 aromatic rings. The Morgan fingerprint density at radius 3 is 2.41 bits per heavy atom. The van der Waals surface area contributed by atoms with E-state index in [0.29, 0.717) is 31.1 Å². The van der Waals surface area contributed by atoms with Crippen molar-refractivity contribution in [2.45, 2.75) is 62.6 Å². The lowest BCUT2D eigenvalue weighted by Gasteiger charge is -2.70. The first-order valence-corrected chi connectivity index (χ1v) is 10.9. The van der Waals surface area contributed by atoms with Crippen LogP contribution >= 0.6 is 0 Å². The van der Waals surface area contributed by atoms with Gasteiger partial charge in [0, 0.05) is 36.3 Å². The van der Waals surface area contributed by atoms with Crippen molar-refractivity contribution in [3.05, 3.63) is 41.6 Å². The largest absolute Gasteiger partial charge is 0.522 e. The van der Waals surface area contributed by atoms with Crippen LogP contribution in [0.4, 0.5) is 22.0 Å². The molecule has 4 fully saturated rings. The maximum Gasteiger partial charge on any atom is 0.522 e. The Morgan fingerprint density at radius 2 is 1.74 bits per heavy atom. The summed E-state index contributed by atoms with van der Waals surface area (Å²) in [5.74, 6) is -2.57. The van der Waals surface area contributed by atoms with E-state index >= 15 is 0 Å². The van der Waals surface area contributed by atoms with Crippen molar-refractivity contribution >= 4 is 22.6 Å². The van der Waals surface area contributed by atoms with Gasteiger partial charge in [-0.25, -0.2) is 13.8 Å². The second-order valence-corrected chi connectivity index (χ2v) is 9.73. The van der Waals surface area contributed by atoms with E-state index in [9.17, 15) is 31.5 Å². The topological polar surface area (TPSA) is 77.5 Å². The molecule has 1 aromatic heterocycles. The molecule has 2 bridgehead atoms. The van der Waals surface area contributed by atoms with Crippen LogP contribution in [0.2, 0.25) is 0 Å². The summed E-state index contributed by atoms with van der Waals surface area (Å²) in [5.41, 5.74) is -0.324. The molecule has 11 heteroatoms. The average Bonchev–Trinajstić information content (AvgIpc) is 2.66. The summed E-state index contributed by atoms with van der Waals surface area (Å²) >= 11 is 0. The molecule has 0 saturated heterocycles. The molecular formula is C23H21F5N2O4. The molecule has 4 saturated carbocycles. The number of hydrogen-bond acceptors (Lipinski definition) is 5. The van der Waals surface area contributed by atoms with Crippen molar-refractivity contribution in [1.82, 2.24) is 10.3 Å². The molecule has 1 N–H and O–H groups in total. The Balaban J connectivity index is 1.06. The quantitative estimate of drug-likeness (QED) is 0.569. The molecule has 0 atom stereocenters. The first kappa shape index (κ1) is 23.1. The molecule has 1 amide bonds. The third kappa shape index (κ3) is 4.50. The van der Waals surface area contributed by atoms with E-state index in [4.69, 9.17) is 4.74 Å². The number of ketones is 1. The first-order valence-electron chi connectivity index (χ1n) is 10.9. The van der Waals surface area contributed by atoms with Crippen LogP contribution in [0.3, 0.4) is 0 Å². The van der Waals surface area contributed by atoms with E-state index in [1.807, 2.05) is 0 Å². The Hall–Kier alpha value is -2.66. The van der Waals surface area contributed by atoms with Gasteiger partial charge >= 0.3 is 6.36 Å². The highest BCUT2D eigenvalue weighted by Gasteiger charge is 2.68. The highest BCUT2D eigenvalue weighted by atomic mass is 19.4. The Bertz CT molecular complexity index is 1140. The summed E-state index contributed by atoms with van der Waals surface area (Å²) in [4.78, 5) is 29.0. The van der Waals surface area contributed by atoms with Crippen LogP contribution in [0.15, 0.2) is 24.3 Å². The van der Waals surface area contributed by atoms with E-state index in [1.54, 1.807) is 0 Å². The van der Waals surface area contributed by atoms with Gasteiger partial charge in [0.15, 0.2) is 17.4 Å². The Kier molecular flexibility index (Phi) is 5.40. The number of halogens is 5. The molecule has 1 heterocycles. The number of fused-ring (bicyclic) bond motifs is 1. The lowest BCUT2D eigenvalue weighted by molar-refractivity contribution is -0.357. The monoisotopic (exact) mass is 484 g/mol. The maximum atomic E-state index is 13.5. The Morgan fingerprint density at radius 1 is 1.06 bits per heavy atom. The second-order valence-electron chi connectivity index (χ2n) is 9.73. The third-order valence-corrected chi connectivity index (χ3v) is 6.89. The number of Topliss-reactive ketones (excluding diaryl/α,β-unsaturated/α-hetero) is 1. The zero-order valence-electron chi connectivity index (χ0n) is 17.9. The third-order valence-electron chi connectivity index (χ3n) is 6.89. The number of benzene rings is 1. The minimum Gasteiger partial charge on any atom is -0.370 e. The number of hydrogen-bond donors (Lipinski definition) is 1.